The molecule has 0 unspecified atom stereocenters. The minimum atomic E-state index is 0.436. The summed E-state index contributed by atoms with van der Waals surface area (Å²) in [5, 5.41) is 0. The van der Waals surface area contributed by atoms with E-state index >= 15 is 0 Å². The van der Waals surface area contributed by atoms with Crippen molar-refractivity contribution in [1.29, 1.82) is 0 Å². The Balaban J connectivity index is 1.82. The van der Waals surface area contributed by atoms with Gasteiger partial charge in [0.05, 0.1) is 7.11 Å². The summed E-state index contributed by atoms with van der Waals surface area (Å²) in [6.07, 6.45) is 0.831. The number of ether oxygens (including phenoxy) is 2. The van der Waals surface area contributed by atoms with E-state index in [1.54, 1.807) is 7.11 Å². The fraction of sp³-hybridized carbons (Fsp3) is 0.200. The van der Waals surface area contributed by atoms with E-state index in [4.69, 9.17) is 9.47 Å². The van der Waals surface area contributed by atoms with Crippen molar-refractivity contribution in [2.24, 2.45) is 0 Å². The molecule has 0 aliphatic carbocycles. The van der Waals surface area contributed by atoms with Crippen molar-refractivity contribution >= 4 is 0 Å². The molecule has 0 N–H and O–H groups in total. The lowest BCUT2D eigenvalue weighted by atomic mass is 10.2. The Labute approximate surface area is 142 Å². The zero-order valence-corrected chi connectivity index (χ0v) is 13.9. The van der Waals surface area contributed by atoms with Crippen LogP contribution in [0.5, 0.6) is 11.6 Å². The second kappa shape index (κ2) is 7.59. The summed E-state index contributed by atoms with van der Waals surface area (Å²) >= 11 is 0. The molecule has 0 aliphatic heterocycles. The second-order valence-corrected chi connectivity index (χ2v) is 5.38. The molecule has 0 saturated heterocycles. The normalized spacial score (nSPS) is 10.4. The van der Waals surface area contributed by atoms with E-state index in [0.717, 1.165) is 29.0 Å². The zero-order chi connectivity index (χ0) is 16.8. The van der Waals surface area contributed by atoms with Crippen LogP contribution in [0.15, 0.2) is 60.7 Å². The first-order valence-electron chi connectivity index (χ1n) is 7.97. The molecule has 24 heavy (non-hydrogen) atoms. The van der Waals surface area contributed by atoms with Gasteiger partial charge in [0.15, 0.2) is 5.82 Å². The fourth-order valence-corrected chi connectivity index (χ4v) is 2.36. The number of nitrogens with zero attached hydrogens (tertiary/aromatic N) is 2. The molecule has 2 aromatic carbocycles. The highest BCUT2D eigenvalue weighted by atomic mass is 16.5. The first-order valence-corrected chi connectivity index (χ1v) is 7.97. The average molecular weight is 320 g/mol. The summed E-state index contributed by atoms with van der Waals surface area (Å²) < 4.78 is 11.1. The third-order valence-corrected chi connectivity index (χ3v) is 3.67. The van der Waals surface area contributed by atoms with Crippen LogP contribution in [0.1, 0.15) is 18.2 Å². The topological polar surface area (TPSA) is 44.2 Å². The van der Waals surface area contributed by atoms with Crippen LogP contribution in [0, 0.1) is 0 Å². The average Bonchev–Trinajstić information content (AvgIpc) is 2.67. The molecule has 4 heteroatoms. The SMILES string of the molecule is CCc1cc(OCc2cccc(OC)c2)nc(-c2ccccc2)n1. The quantitative estimate of drug-likeness (QED) is 0.679. The highest BCUT2D eigenvalue weighted by Crippen LogP contribution is 2.20. The Morgan fingerprint density at radius 2 is 1.75 bits per heavy atom. The standard InChI is InChI=1S/C20H20N2O2/c1-3-17-13-19(22-20(21-17)16-9-5-4-6-10-16)24-14-15-8-7-11-18(12-15)23-2/h4-13H,3,14H2,1-2H3. The molecular formula is C20H20N2O2. The minimum absolute atomic E-state index is 0.436. The van der Waals surface area contributed by atoms with Crippen molar-refractivity contribution in [2.45, 2.75) is 20.0 Å². The molecule has 0 atom stereocenters. The lowest BCUT2D eigenvalue weighted by molar-refractivity contribution is 0.292. The van der Waals surface area contributed by atoms with Crippen molar-refractivity contribution < 1.29 is 9.47 Å². The maximum atomic E-state index is 5.89. The van der Waals surface area contributed by atoms with Crippen LogP contribution < -0.4 is 9.47 Å². The summed E-state index contributed by atoms with van der Waals surface area (Å²) in [6, 6.07) is 19.7. The van der Waals surface area contributed by atoms with Gasteiger partial charge in [-0.15, -0.1) is 0 Å². The van der Waals surface area contributed by atoms with E-state index in [1.807, 2.05) is 60.7 Å². The Morgan fingerprint density at radius 3 is 2.50 bits per heavy atom. The molecule has 3 aromatic rings. The summed E-state index contributed by atoms with van der Waals surface area (Å²) in [6.45, 7) is 2.51. The molecule has 3 rings (SSSR count). The molecule has 0 bridgehead atoms. The lowest BCUT2D eigenvalue weighted by Gasteiger charge is -2.10. The van der Waals surface area contributed by atoms with E-state index in [1.165, 1.54) is 0 Å². The maximum absolute atomic E-state index is 5.89. The molecule has 0 amide bonds. The molecular weight excluding hydrogens is 300 g/mol. The third-order valence-electron chi connectivity index (χ3n) is 3.67. The number of hydrogen-bond donors (Lipinski definition) is 0. The first-order chi connectivity index (χ1) is 11.8. The van der Waals surface area contributed by atoms with Crippen molar-refractivity contribution in [3.63, 3.8) is 0 Å². The summed E-state index contributed by atoms with van der Waals surface area (Å²) in [5.41, 5.74) is 2.98. The van der Waals surface area contributed by atoms with Crippen molar-refractivity contribution in [2.75, 3.05) is 7.11 Å². The molecule has 1 heterocycles. The molecule has 0 saturated carbocycles. The number of hydrogen-bond acceptors (Lipinski definition) is 4. The highest BCUT2D eigenvalue weighted by Gasteiger charge is 2.07. The van der Waals surface area contributed by atoms with Crippen LogP contribution in [0.3, 0.4) is 0 Å². The molecule has 0 fully saturated rings. The van der Waals surface area contributed by atoms with Crippen molar-refractivity contribution in [3.8, 4) is 23.0 Å². The Bertz CT molecular complexity index is 804. The molecule has 0 radical (unpaired) electrons. The van der Waals surface area contributed by atoms with E-state index < -0.39 is 0 Å². The fourth-order valence-electron chi connectivity index (χ4n) is 2.36. The van der Waals surface area contributed by atoms with Gasteiger partial charge < -0.3 is 9.47 Å². The molecule has 0 spiro atoms. The number of rotatable bonds is 6. The van der Waals surface area contributed by atoms with Crippen LogP contribution in [-0.4, -0.2) is 17.1 Å². The van der Waals surface area contributed by atoms with Crippen molar-refractivity contribution in [3.05, 3.63) is 71.9 Å². The number of aromatic nitrogens is 2. The van der Waals surface area contributed by atoms with Crippen LogP contribution in [0.25, 0.3) is 11.4 Å². The van der Waals surface area contributed by atoms with Crippen LogP contribution in [0.4, 0.5) is 0 Å². The monoisotopic (exact) mass is 320 g/mol. The van der Waals surface area contributed by atoms with Gasteiger partial charge in [-0.3, -0.25) is 0 Å². The highest BCUT2D eigenvalue weighted by molar-refractivity contribution is 5.55. The van der Waals surface area contributed by atoms with Gasteiger partial charge in [0.25, 0.3) is 0 Å². The van der Waals surface area contributed by atoms with Gasteiger partial charge in [0.1, 0.15) is 12.4 Å². The largest absolute Gasteiger partial charge is 0.497 e. The van der Waals surface area contributed by atoms with Crippen LogP contribution in [0.2, 0.25) is 0 Å². The number of methoxy groups -OCH3 is 1. The van der Waals surface area contributed by atoms with Gasteiger partial charge >= 0.3 is 0 Å². The van der Waals surface area contributed by atoms with Gasteiger partial charge in [0.2, 0.25) is 5.88 Å². The smallest absolute Gasteiger partial charge is 0.217 e. The second-order valence-electron chi connectivity index (χ2n) is 5.38. The molecule has 4 nitrogen and oxygen atoms in total. The van der Waals surface area contributed by atoms with E-state index in [0.29, 0.717) is 18.3 Å². The van der Waals surface area contributed by atoms with Crippen LogP contribution in [-0.2, 0) is 13.0 Å². The Kier molecular flexibility index (Phi) is 5.06. The maximum Gasteiger partial charge on any atom is 0.217 e. The summed E-state index contributed by atoms with van der Waals surface area (Å²) in [5.74, 6) is 2.09. The molecule has 0 aliphatic rings. The number of aryl methyl sites for hydroxylation is 1. The van der Waals surface area contributed by atoms with E-state index in [-0.39, 0.29) is 0 Å². The Hall–Kier alpha value is -2.88. The minimum Gasteiger partial charge on any atom is -0.497 e. The van der Waals surface area contributed by atoms with Gasteiger partial charge in [-0.25, -0.2) is 4.98 Å². The first kappa shape index (κ1) is 16.0. The van der Waals surface area contributed by atoms with Crippen LogP contribution >= 0.6 is 0 Å². The number of benzene rings is 2. The van der Waals surface area contributed by atoms with Gasteiger partial charge in [-0.2, -0.15) is 4.98 Å². The third kappa shape index (κ3) is 3.90. The molecule has 122 valence electrons. The van der Waals surface area contributed by atoms with Gasteiger partial charge in [-0.1, -0.05) is 49.4 Å². The molecule has 1 aromatic heterocycles. The predicted octanol–water partition coefficient (Wildman–Crippen LogP) is 4.29. The lowest BCUT2D eigenvalue weighted by Crippen LogP contribution is -2.02. The van der Waals surface area contributed by atoms with Gasteiger partial charge in [-0.05, 0) is 24.1 Å². The van der Waals surface area contributed by atoms with E-state index in [9.17, 15) is 0 Å². The summed E-state index contributed by atoms with van der Waals surface area (Å²) in [4.78, 5) is 9.14. The van der Waals surface area contributed by atoms with Gasteiger partial charge in [0, 0.05) is 17.3 Å². The summed E-state index contributed by atoms with van der Waals surface area (Å²) in [7, 11) is 1.66. The predicted molar refractivity (Wildman–Crippen MR) is 94.2 cm³/mol. The zero-order valence-electron chi connectivity index (χ0n) is 13.9. The Morgan fingerprint density at radius 1 is 0.917 bits per heavy atom. The van der Waals surface area contributed by atoms with Crippen molar-refractivity contribution in [1.82, 2.24) is 9.97 Å². The van der Waals surface area contributed by atoms with E-state index in [2.05, 4.69) is 16.9 Å².